The van der Waals surface area contributed by atoms with Crippen molar-refractivity contribution < 1.29 is 0 Å². The summed E-state index contributed by atoms with van der Waals surface area (Å²) in [7, 11) is 0. The minimum atomic E-state index is 0.740. The molecule has 0 saturated heterocycles. The van der Waals surface area contributed by atoms with Crippen LogP contribution in [0.15, 0.2) is 23.3 Å². The van der Waals surface area contributed by atoms with E-state index in [2.05, 4.69) is 39.8 Å². The fraction of sp³-hybridized carbons (Fsp3) is 0.733. The summed E-state index contributed by atoms with van der Waals surface area (Å²) < 4.78 is 0. The Balaban J connectivity index is 2.20. The van der Waals surface area contributed by atoms with Gasteiger partial charge in [-0.05, 0) is 49.9 Å². The largest absolute Gasteiger partial charge is 0.0850 e. The lowest BCUT2D eigenvalue weighted by Crippen LogP contribution is -2.17. The van der Waals surface area contributed by atoms with Crippen LogP contribution >= 0.6 is 0 Å². The van der Waals surface area contributed by atoms with Crippen LogP contribution in [0.4, 0.5) is 0 Å². The molecule has 15 heavy (non-hydrogen) atoms. The predicted octanol–water partition coefficient (Wildman–Crippen LogP) is 4.58. The molecule has 0 heteroatoms. The van der Waals surface area contributed by atoms with E-state index in [9.17, 15) is 0 Å². The Hall–Kier alpha value is -0.520. The number of fused-ring (bicyclic) bond motifs is 1. The molecular formula is C15H24. The molecule has 0 aromatic carbocycles. The molecule has 0 fully saturated rings. The molecule has 3 atom stereocenters. The monoisotopic (exact) mass is 204 g/mol. The first-order valence-corrected chi connectivity index (χ1v) is 6.45. The first kappa shape index (κ1) is 11.0. The summed E-state index contributed by atoms with van der Waals surface area (Å²) in [6, 6.07) is 0. The van der Waals surface area contributed by atoms with Crippen molar-refractivity contribution in [2.45, 2.75) is 47.0 Å². The van der Waals surface area contributed by atoms with Crippen LogP contribution in [0.3, 0.4) is 0 Å². The minimum absolute atomic E-state index is 0.740. The van der Waals surface area contributed by atoms with Gasteiger partial charge in [0.1, 0.15) is 0 Å². The Bertz CT molecular complexity index is 293. The van der Waals surface area contributed by atoms with Gasteiger partial charge in [-0.2, -0.15) is 0 Å². The van der Waals surface area contributed by atoms with Crippen molar-refractivity contribution in [1.82, 2.24) is 0 Å². The van der Waals surface area contributed by atoms with E-state index in [-0.39, 0.29) is 0 Å². The van der Waals surface area contributed by atoms with Crippen LogP contribution < -0.4 is 0 Å². The molecule has 0 saturated carbocycles. The predicted molar refractivity (Wildman–Crippen MR) is 66.7 cm³/mol. The zero-order chi connectivity index (χ0) is 11.0. The summed E-state index contributed by atoms with van der Waals surface area (Å²) in [6.45, 7) is 9.44. The Morgan fingerprint density at radius 3 is 2.60 bits per heavy atom. The van der Waals surface area contributed by atoms with Gasteiger partial charge in [-0.1, -0.05) is 44.1 Å². The molecule has 0 aromatic rings. The average Bonchev–Trinajstić information content (AvgIpc) is 2.43. The van der Waals surface area contributed by atoms with Crippen molar-refractivity contribution in [2.24, 2.45) is 23.7 Å². The van der Waals surface area contributed by atoms with E-state index in [0.29, 0.717) is 0 Å². The third-order valence-electron chi connectivity index (χ3n) is 4.49. The minimum Gasteiger partial charge on any atom is -0.0850 e. The summed E-state index contributed by atoms with van der Waals surface area (Å²) >= 11 is 0. The molecule has 0 heterocycles. The fourth-order valence-electron chi connectivity index (χ4n) is 3.24. The van der Waals surface area contributed by atoms with E-state index >= 15 is 0 Å². The highest BCUT2D eigenvalue weighted by Gasteiger charge is 2.33. The van der Waals surface area contributed by atoms with Crippen molar-refractivity contribution in [2.75, 3.05) is 0 Å². The van der Waals surface area contributed by atoms with E-state index < -0.39 is 0 Å². The summed E-state index contributed by atoms with van der Waals surface area (Å²) in [6.07, 6.45) is 8.97. The maximum absolute atomic E-state index is 2.53. The standard InChI is InChI=1S/C15H24/c1-10(2)13-7-5-11(3)14-8-6-12(4)15(14)9-13/h6-7,10-11,14-15H,5,8-9H2,1-4H3. The van der Waals surface area contributed by atoms with Gasteiger partial charge >= 0.3 is 0 Å². The number of rotatable bonds is 1. The zero-order valence-corrected chi connectivity index (χ0v) is 10.6. The van der Waals surface area contributed by atoms with Gasteiger partial charge in [0.05, 0.1) is 0 Å². The van der Waals surface area contributed by atoms with Crippen molar-refractivity contribution in [3.8, 4) is 0 Å². The second-order valence-electron chi connectivity index (χ2n) is 5.81. The molecule has 84 valence electrons. The molecule has 0 aliphatic heterocycles. The van der Waals surface area contributed by atoms with Crippen molar-refractivity contribution in [3.05, 3.63) is 23.3 Å². The van der Waals surface area contributed by atoms with Crippen molar-refractivity contribution in [3.63, 3.8) is 0 Å². The lowest BCUT2D eigenvalue weighted by atomic mass is 9.80. The van der Waals surface area contributed by atoms with E-state index in [1.165, 1.54) is 19.3 Å². The van der Waals surface area contributed by atoms with Crippen molar-refractivity contribution in [1.29, 1.82) is 0 Å². The van der Waals surface area contributed by atoms with Gasteiger partial charge in [0, 0.05) is 0 Å². The Kier molecular flexibility index (Phi) is 3.04. The second kappa shape index (κ2) is 4.15. The second-order valence-corrected chi connectivity index (χ2v) is 5.81. The smallest absolute Gasteiger partial charge is 0.0135 e. The molecule has 2 aliphatic rings. The lowest BCUT2D eigenvalue weighted by molar-refractivity contribution is 0.298. The van der Waals surface area contributed by atoms with Crippen molar-refractivity contribution >= 4 is 0 Å². The van der Waals surface area contributed by atoms with Gasteiger partial charge in [0.15, 0.2) is 0 Å². The molecule has 2 aliphatic carbocycles. The summed E-state index contributed by atoms with van der Waals surface area (Å²) in [5, 5.41) is 0. The summed E-state index contributed by atoms with van der Waals surface area (Å²) in [4.78, 5) is 0. The SMILES string of the molecule is CC1=CCC2C(C)CC=C(C(C)C)CC12. The Morgan fingerprint density at radius 1 is 1.20 bits per heavy atom. The Morgan fingerprint density at radius 2 is 1.93 bits per heavy atom. The van der Waals surface area contributed by atoms with E-state index in [1.807, 2.05) is 0 Å². The highest BCUT2D eigenvalue weighted by Crippen LogP contribution is 2.44. The van der Waals surface area contributed by atoms with Gasteiger partial charge in [-0.3, -0.25) is 0 Å². The normalized spacial score (nSPS) is 35.9. The lowest BCUT2D eigenvalue weighted by Gasteiger charge is -2.25. The van der Waals surface area contributed by atoms with Crippen LogP contribution in [0.5, 0.6) is 0 Å². The van der Waals surface area contributed by atoms with Gasteiger partial charge in [-0.25, -0.2) is 0 Å². The first-order valence-electron chi connectivity index (χ1n) is 6.45. The van der Waals surface area contributed by atoms with Crippen LogP contribution in [0.1, 0.15) is 47.0 Å². The Labute approximate surface area is 94.5 Å². The fourth-order valence-corrected chi connectivity index (χ4v) is 3.24. The third kappa shape index (κ3) is 2.04. The molecule has 0 spiro atoms. The molecule has 0 radical (unpaired) electrons. The summed E-state index contributed by atoms with van der Waals surface area (Å²) in [5.41, 5.74) is 3.35. The topological polar surface area (TPSA) is 0 Å². The van der Waals surface area contributed by atoms with Gasteiger partial charge in [-0.15, -0.1) is 0 Å². The highest BCUT2D eigenvalue weighted by molar-refractivity contribution is 5.21. The molecule has 0 nitrogen and oxygen atoms in total. The summed E-state index contributed by atoms with van der Waals surface area (Å²) in [5.74, 6) is 3.40. The van der Waals surface area contributed by atoms with Gasteiger partial charge < -0.3 is 0 Å². The quantitative estimate of drug-likeness (QED) is 0.548. The van der Waals surface area contributed by atoms with Gasteiger partial charge in [0.25, 0.3) is 0 Å². The molecule has 3 unspecified atom stereocenters. The third-order valence-corrected chi connectivity index (χ3v) is 4.49. The van der Waals surface area contributed by atoms with E-state index in [1.54, 1.807) is 11.1 Å². The first-order chi connectivity index (χ1) is 7.09. The maximum Gasteiger partial charge on any atom is -0.0135 e. The molecule has 0 amide bonds. The van der Waals surface area contributed by atoms with E-state index in [4.69, 9.17) is 0 Å². The molecule has 0 aromatic heterocycles. The number of allylic oxidation sites excluding steroid dienone is 4. The van der Waals surface area contributed by atoms with Crippen LogP contribution in [0.2, 0.25) is 0 Å². The molecule has 0 N–H and O–H groups in total. The number of hydrogen-bond acceptors (Lipinski definition) is 0. The van der Waals surface area contributed by atoms with Crippen LogP contribution in [0.25, 0.3) is 0 Å². The molecule has 0 bridgehead atoms. The van der Waals surface area contributed by atoms with Crippen LogP contribution in [0, 0.1) is 23.7 Å². The molecule has 2 rings (SSSR count). The molecular weight excluding hydrogens is 180 g/mol. The maximum atomic E-state index is 2.53. The van der Waals surface area contributed by atoms with E-state index in [0.717, 1.165) is 23.7 Å². The van der Waals surface area contributed by atoms with Crippen LogP contribution in [-0.4, -0.2) is 0 Å². The van der Waals surface area contributed by atoms with Gasteiger partial charge in [0.2, 0.25) is 0 Å². The number of hydrogen-bond donors (Lipinski definition) is 0. The average molecular weight is 204 g/mol. The van der Waals surface area contributed by atoms with Crippen LogP contribution in [-0.2, 0) is 0 Å². The highest BCUT2D eigenvalue weighted by atomic mass is 14.4. The zero-order valence-electron chi connectivity index (χ0n) is 10.6.